The molecule has 3 aromatic rings. The average molecular weight is 452 g/mol. The van der Waals surface area contributed by atoms with Crippen LogP contribution in [0.15, 0.2) is 78.9 Å². The monoisotopic (exact) mass is 452 g/mol. The van der Waals surface area contributed by atoms with Gasteiger partial charge in [-0.1, -0.05) is 42.5 Å². The molecule has 0 amide bonds. The molecule has 3 aromatic carbocycles. The lowest BCUT2D eigenvalue weighted by molar-refractivity contribution is -0.274. The lowest BCUT2D eigenvalue weighted by atomic mass is 9.83. The highest BCUT2D eigenvalue weighted by Gasteiger charge is 2.38. The molecule has 0 heterocycles. The molecule has 0 saturated carbocycles. The van der Waals surface area contributed by atoms with Crippen LogP contribution in [0.2, 0.25) is 0 Å². The SMILES string of the molecule is CC(COCc1cccc(Oc2ccccc2)c1)(c1ccc(OC(F)(F)F)cc1)C(F)F. The van der Waals surface area contributed by atoms with Gasteiger partial charge in [-0.05, 0) is 54.4 Å². The first-order valence-corrected chi connectivity index (χ1v) is 9.70. The third kappa shape index (κ3) is 6.43. The molecule has 3 rings (SSSR count). The van der Waals surface area contributed by atoms with E-state index in [-0.39, 0.29) is 18.8 Å². The molecule has 0 bridgehead atoms. The molecule has 0 N–H and O–H groups in total. The molecule has 8 heteroatoms. The minimum atomic E-state index is -4.85. The van der Waals surface area contributed by atoms with Crippen molar-refractivity contribution in [2.45, 2.75) is 31.7 Å². The van der Waals surface area contributed by atoms with Gasteiger partial charge in [0.25, 0.3) is 0 Å². The second-order valence-electron chi connectivity index (χ2n) is 7.35. The second kappa shape index (κ2) is 9.99. The van der Waals surface area contributed by atoms with E-state index in [9.17, 15) is 22.0 Å². The van der Waals surface area contributed by atoms with Crippen molar-refractivity contribution in [3.63, 3.8) is 0 Å². The number of para-hydroxylation sites is 1. The Morgan fingerprint density at radius 3 is 2.06 bits per heavy atom. The molecule has 3 nitrogen and oxygen atoms in total. The highest BCUT2D eigenvalue weighted by atomic mass is 19.4. The molecule has 0 spiro atoms. The lowest BCUT2D eigenvalue weighted by Crippen LogP contribution is -2.36. The molecule has 0 aromatic heterocycles. The number of alkyl halides is 5. The Labute approximate surface area is 182 Å². The smallest absolute Gasteiger partial charge is 0.457 e. The number of benzene rings is 3. The fourth-order valence-corrected chi connectivity index (χ4v) is 3.01. The summed E-state index contributed by atoms with van der Waals surface area (Å²) < 4.78 is 79.8. The van der Waals surface area contributed by atoms with Crippen molar-refractivity contribution in [3.05, 3.63) is 90.0 Å². The van der Waals surface area contributed by atoms with Crippen LogP contribution in [0.5, 0.6) is 17.2 Å². The van der Waals surface area contributed by atoms with E-state index in [2.05, 4.69) is 4.74 Å². The van der Waals surface area contributed by atoms with Gasteiger partial charge in [0.15, 0.2) is 0 Å². The number of halogens is 5. The predicted octanol–water partition coefficient (Wildman–Crippen LogP) is 7.12. The van der Waals surface area contributed by atoms with Crippen LogP contribution in [0, 0.1) is 0 Å². The highest BCUT2D eigenvalue weighted by molar-refractivity contribution is 5.34. The largest absolute Gasteiger partial charge is 0.573 e. The second-order valence-corrected chi connectivity index (χ2v) is 7.35. The molecule has 0 fully saturated rings. The third-order valence-electron chi connectivity index (χ3n) is 4.78. The molecular weight excluding hydrogens is 431 g/mol. The van der Waals surface area contributed by atoms with Gasteiger partial charge in [0.05, 0.1) is 18.6 Å². The molecule has 1 atom stereocenters. The van der Waals surface area contributed by atoms with Gasteiger partial charge in [-0.3, -0.25) is 0 Å². The number of hydrogen-bond donors (Lipinski definition) is 0. The van der Waals surface area contributed by atoms with Crippen LogP contribution < -0.4 is 9.47 Å². The Bertz CT molecular complexity index is 991. The van der Waals surface area contributed by atoms with E-state index in [1.54, 1.807) is 24.3 Å². The molecular formula is C24H21F5O3. The molecule has 0 radical (unpaired) electrons. The molecule has 0 aliphatic carbocycles. The average Bonchev–Trinajstić information content (AvgIpc) is 2.74. The number of ether oxygens (including phenoxy) is 3. The van der Waals surface area contributed by atoms with E-state index in [1.165, 1.54) is 19.1 Å². The van der Waals surface area contributed by atoms with Crippen LogP contribution in [0.25, 0.3) is 0 Å². The third-order valence-corrected chi connectivity index (χ3v) is 4.78. The Hall–Kier alpha value is -3.13. The van der Waals surface area contributed by atoms with Gasteiger partial charge >= 0.3 is 6.36 Å². The fourth-order valence-electron chi connectivity index (χ4n) is 3.01. The minimum absolute atomic E-state index is 0.0591. The summed E-state index contributed by atoms with van der Waals surface area (Å²) in [7, 11) is 0. The Kier molecular flexibility index (Phi) is 7.35. The normalized spacial score (nSPS) is 13.6. The maximum atomic E-state index is 13.9. The molecule has 0 saturated heterocycles. The molecule has 0 aliphatic heterocycles. The summed E-state index contributed by atoms with van der Waals surface area (Å²) in [4.78, 5) is 0. The first kappa shape index (κ1) is 23.5. The minimum Gasteiger partial charge on any atom is -0.457 e. The summed E-state index contributed by atoms with van der Waals surface area (Å²) in [6.07, 6.45) is -7.65. The zero-order valence-electron chi connectivity index (χ0n) is 17.1. The summed E-state index contributed by atoms with van der Waals surface area (Å²) in [6.45, 7) is 1.02. The van der Waals surface area contributed by atoms with Gasteiger partial charge in [-0.15, -0.1) is 13.2 Å². The Morgan fingerprint density at radius 2 is 1.44 bits per heavy atom. The van der Waals surface area contributed by atoms with Crippen LogP contribution in [-0.4, -0.2) is 19.4 Å². The molecule has 0 aliphatic rings. The molecule has 170 valence electrons. The van der Waals surface area contributed by atoms with E-state index >= 15 is 0 Å². The van der Waals surface area contributed by atoms with Gasteiger partial charge in [-0.2, -0.15) is 0 Å². The highest BCUT2D eigenvalue weighted by Crippen LogP contribution is 2.34. The van der Waals surface area contributed by atoms with Gasteiger partial charge < -0.3 is 14.2 Å². The van der Waals surface area contributed by atoms with Crippen LogP contribution in [0.1, 0.15) is 18.1 Å². The first-order chi connectivity index (χ1) is 15.2. The lowest BCUT2D eigenvalue weighted by Gasteiger charge is -2.29. The summed E-state index contributed by atoms with van der Waals surface area (Å²) in [5.41, 5.74) is -0.846. The predicted molar refractivity (Wildman–Crippen MR) is 109 cm³/mol. The Morgan fingerprint density at radius 1 is 0.781 bits per heavy atom. The van der Waals surface area contributed by atoms with Crippen molar-refractivity contribution in [1.29, 1.82) is 0 Å². The molecule has 32 heavy (non-hydrogen) atoms. The van der Waals surface area contributed by atoms with E-state index in [0.29, 0.717) is 11.5 Å². The van der Waals surface area contributed by atoms with Gasteiger partial charge in [0.1, 0.15) is 17.2 Å². The van der Waals surface area contributed by atoms with Crippen LogP contribution in [0.3, 0.4) is 0 Å². The van der Waals surface area contributed by atoms with Crippen molar-refractivity contribution in [2.75, 3.05) is 6.61 Å². The van der Waals surface area contributed by atoms with E-state index in [0.717, 1.165) is 17.7 Å². The van der Waals surface area contributed by atoms with Crippen LogP contribution in [-0.2, 0) is 16.8 Å². The van der Waals surface area contributed by atoms with Crippen molar-refractivity contribution < 1.29 is 36.2 Å². The van der Waals surface area contributed by atoms with Crippen molar-refractivity contribution in [1.82, 2.24) is 0 Å². The van der Waals surface area contributed by atoms with Crippen molar-refractivity contribution in [3.8, 4) is 17.2 Å². The first-order valence-electron chi connectivity index (χ1n) is 9.70. The van der Waals surface area contributed by atoms with Crippen molar-refractivity contribution >= 4 is 0 Å². The maximum Gasteiger partial charge on any atom is 0.573 e. The van der Waals surface area contributed by atoms with Gasteiger partial charge in [0.2, 0.25) is 6.43 Å². The zero-order valence-corrected chi connectivity index (χ0v) is 17.1. The van der Waals surface area contributed by atoms with Gasteiger partial charge in [-0.25, -0.2) is 8.78 Å². The zero-order chi connectivity index (χ0) is 23.2. The van der Waals surface area contributed by atoms with E-state index in [1.807, 2.05) is 30.3 Å². The van der Waals surface area contributed by atoms with Crippen LogP contribution in [0.4, 0.5) is 22.0 Å². The topological polar surface area (TPSA) is 27.7 Å². The number of hydrogen-bond acceptors (Lipinski definition) is 3. The summed E-state index contributed by atoms with van der Waals surface area (Å²) in [6, 6.07) is 20.6. The standard InChI is InChI=1S/C24H21F5O3/c1-23(22(25)26,18-10-12-20(13-11-18)32-24(27,28)29)16-30-15-17-6-5-9-21(14-17)31-19-7-3-2-4-8-19/h2-14,22H,15-16H2,1H3. The van der Waals surface area contributed by atoms with E-state index < -0.39 is 24.0 Å². The van der Waals surface area contributed by atoms with Crippen LogP contribution >= 0.6 is 0 Å². The quantitative estimate of drug-likeness (QED) is 0.324. The Balaban J connectivity index is 1.64. The summed E-state index contributed by atoms with van der Waals surface area (Å²) >= 11 is 0. The maximum absolute atomic E-state index is 13.9. The number of rotatable bonds is 9. The van der Waals surface area contributed by atoms with Crippen molar-refractivity contribution in [2.24, 2.45) is 0 Å². The summed E-state index contributed by atoms with van der Waals surface area (Å²) in [5, 5.41) is 0. The van der Waals surface area contributed by atoms with Gasteiger partial charge in [0, 0.05) is 0 Å². The fraction of sp³-hybridized carbons (Fsp3) is 0.250. The molecule has 1 unspecified atom stereocenters. The van der Waals surface area contributed by atoms with E-state index in [4.69, 9.17) is 9.47 Å². The summed E-state index contributed by atoms with van der Waals surface area (Å²) in [5.74, 6) is 0.761.